The lowest BCUT2D eigenvalue weighted by molar-refractivity contribution is -0.138. The van der Waals surface area contributed by atoms with Crippen LogP contribution in [0.4, 0.5) is 13.2 Å². The third kappa shape index (κ3) is 2.29. The molecule has 15 heavy (non-hydrogen) atoms. The molecule has 0 fully saturated rings. The van der Waals surface area contributed by atoms with Crippen molar-refractivity contribution in [3.05, 3.63) is 34.9 Å². The summed E-state index contributed by atoms with van der Waals surface area (Å²) in [6.07, 6.45) is -4.33. The summed E-state index contributed by atoms with van der Waals surface area (Å²) < 4.78 is 37.6. The molecule has 0 aromatic heterocycles. The highest BCUT2D eigenvalue weighted by Gasteiger charge is 2.34. The summed E-state index contributed by atoms with van der Waals surface area (Å²) in [6.45, 7) is 1.55. The molecule has 0 unspecified atom stereocenters. The van der Waals surface area contributed by atoms with Crippen molar-refractivity contribution in [3.8, 4) is 0 Å². The van der Waals surface area contributed by atoms with Gasteiger partial charge in [-0.1, -0.05) is 13.0 Å². The number of rotatable bonds is 2. The van der Waals surface area contributed by atoms with E-state index in [-0.39, 0.29) is 17.5 Å². The van der Waals surface area contributed by atoms with Crippen LogP contribution < -0.4 is 5.73 Å². The summed E-state index contributed by atoms with van der Waals surface area (Å²) in [5.74, 6) is -0.835. The minimum absolute atomic E-state index is 0.0440. The molecule has 0 saturated carbocycles. The largest absolute Gasteiger partial charge is 0.416 e. The van der Waals surface area contributed by atoms with E-state index in [1.807, 2.05) is 0 Å². The maximum Gasteiger partial charge on any atom is 0.416 e. The number of carbonyl (C=O) groups is 1. The van der Waals surface area contributed by atoms with Crippen LogP contribution in [0.3, 0.4) is 0 Å². The Hall–Kier alpha value is -1.52. The average Bonchev–Trinajstić information content (AvgIpc) is 2.15. The first-order valence-electron chi connectivity index (χ1n) is 4.36. The first-order chi connectivity index (χ1) is 6.88. The lowest BCUT2D eigenvalue weighted by atomic mass is 9.98. The summed E-state index contributed by atoms with van der Waals surface area (Å²) in [6, 6.07) is 3.43. The quantitative estimate of drug-likeness (QED) is 0.811. The predicted octanol–water partition coefficient (Wildman–Crippen LogP) is 2.37. The normalized spacial score (nSPS) is 11.5. The van der Waals surface area contributed by atoms with Crippen molar-refractivity contribution >= 4 is 5.91 Å². The van der Waals surface area contributed by atoms with E-state index in [0.29, 0.717) is 0 Å². The summed E-state index contributed by atoms with van der Waals surface area (Å²) in [5, 5.41) is 0. The zero-order chi connectivity index (χ0) is 11.6. The standard InChI is InChI=1S/C10H10F3NO/c1-2-6-7(9(14)15)4-3-5-8(6)10(11,12)13/h3-5H,2H2,1H3,(H2,14,15). The summed E-state index contributed by atoms with van der Waals surface area (Å²) in [4.78, 5) is 10.9. The molecule has 1 aromatic carbocycles. The predicted molar refractivity (Wildman–Crippen MR) is 49.3 cm³/mol. The monoisotopic (exact) mass is 217 g/mol. The van der Waals surface area contributed by atoms with Crippen molar-refractivity contribution in [1.82, 2.24) is 0 Å². The molecule has 0 spiro atoms. The van der Waals surface area contributed by atoms with Crippen molar-refractivity contribution < 1.29 is 18.0 Å². The van der Waals surface area contributed by atoms with Crippen LogP contribution in [-0.2, 0) is 12.6 Å². The fourth-order valence-corrected chi connectivity index (χ4v) is 1.46. The fraction of sp³-hybridized carbons (Fsp3) is 0.300. The Labute approximate surface area is 84.9 Å². The fourth-order valence-electron chi connectivity index (χ4n) is 1.46. The topological polar surface area (TPSA) is 43.1 Å². The van der Waals surface area contributed by atoms with Gasteiger partial charge in [-0.3, -0.25) is 4.79 Å². The van der Waals surface area contributed by atoms with Crippen LogP contribution in [-0.4, -0.2) is 5.91 Å². The molecule has 82 valence electrons. The number of benzene rings is 1. The molecule has 1 amide bonds. The molecule has 5 heteroatoms. The van der Waals surface area contributed by atoms with Gasteiger partial charge in [0.15, 0.2) is 0 Å². The maximum absolute atomic E-state index is 12.5. The van der Waals surface area contributed by atoms with E-state index in [1.165, 1.54) is 12.1 Å². The first kappa shape index (κ1) is 11.6. The molecule has 1 rings (SSSR count). The van der Waals surface area contributed by atoms with Gasteiger partial charge < -0.3 is 5.73 Å². The van der Waals surface area contributed by atoms with Crippen molar-refractivity contribution in [2.75, 3.05) is 0 Å². The van der Waals surface area contributed by atoms with Gasteiger partial charge in [-0.15, -0.1) is 0 Å². The second-order valence-corrected chi connectivity index (χ2v) is 3.05. The van der Waals surface area contributed by atoms with Crippen molar-refractivity contribution in [2.24, 2.45) is 5.73 Å². The van der Waals surface area contributed by atoms with E-state index >= 15 is 0 Å². The van der Waals surface area contributed by atoms with Gasteiger partial charge in [-0.2, -0.15) is 13.2 Å². The van der Waals surface area contributed by atoms with E-state index in [9.17, 15) is 18.0 Å². The molecule has 0 saturated heterocycles. The molecular formula is C10H10F3NO. The minimum Gasteiger partial charge on any atom is -0.366 e. The Morgan fingerprint density at radius 2 is 2.00 bits per heavy atom. The highest BCUT2D eigenvalue weighted by Crippen LogP contribution is 2.33. The lowest BCUT2D eigenvalue weighted by Crippen LogP contribution is -2.17. The summed E-state index contributed by atoms with van der Waals surface area (Å²) in [7, 11) is 0. The van der Waals surface area contributed by atoms with Crippen molar-refractivity contribution in [2.45, 2.75) is 19.5 Å². The molecule has 0 aliphatic carbocycles. The Kier molecular flexibility index (Phi) is 3.02. The number of primary amides is 1. The second-order valence-electron chi connectivity index (χ2n) is 3.05. The van der Waals surface area contributed by atoms with E-state index in [2.05, 4.69) is 0 Å². The molecule has 0 aliphatic rings. The van der Waals surface area contributed by atoms with E-state index in [0.717, 1.165) is 6.07 Å². The van der Waals surface area contributed by atoms with Crippen LogP contribution in [0.2, 0.25) is 0 Å². The molecular weight excluding hydrogens is 207 g/mol. The molecule has 0 bridgehead atoms. The van der Waals surface area contributed by atoms with Gasteiger partial charge in [0.25, 0.3) is 0 Å². The van der Waals surface area contributed by atoms with Gasteiger partial charge in [0.1, 0.15) is 0 Å². The number of carbonyl (C=O) groups excluding carboxylic acids is 1. The number of hydrogen-bond acceptors (Lipinski definition) is 1. The zero-order valence-corrected chi connectivity index (χ0v) is 8.06. The number of alkyl halides is 3. The Morgan fingerprint density at radius 3 is 2.40 bits per heavy atom. The highest BCUT2D eigenvalue weighted by molar-refractivity contribution is 5.94. The molecule has 0 heterocycles. The van der Waals surface area contributed by atoms with Crippen molar-refractivity contribution in [1.29, 1.82) is 0 Å². The highest BCUT2D eigenvalue weighted by atomic mass is 19.4. The van der Waals surface area contributed by atoms with Crippen LogP contribution in [0.15, 0.2) is 18.2 Å². The molecule has 0 atom stereocenters. The third-order valence-electron chi connectivity index (χ3n) is 2.10. The SMILES string of the molecule is CCc1c(C(N)=O)cccc1C(F)(F)F. The van der Waals surface area contributed by atoms with Gasteiger partial charge in [0.05, 0.1) is 5.56 Å². The third-order valence-corrected chi connectivity index (χ3v) is 2.10. The number of nitrogens with two attached hydrogens (primary N) is 1. The van der Waals surface area contributed by atoms with Crippen LogP contribution >= 0.6 is 0 Å². The second kappa shape index (κ2) is 3.92. The smallest absolute Gasteiger partial charge is 0.366 e. The zero-order valence-electron chi connectivity index (χ0n) is 8.06. The van der Waals surface area contributed by atoms with E-state index in [1.54, 1.807) is 6.92 Å². The maximum atomic E-state index is 12.5. The van der Waals surface area contributed by atoms with Gasteiger partial charge >= 0.3 is 6.18 Å². The van der Waals surface area contributed by atoms with Gasteiger partial charge in [-0.05, 0) is 24.1 Å². The Bertz CT molecular complexity index is 385. The summed E-state index contributed by atoms with van der Waals surface area (Å²) in [5.41, 5.74) is 4.10. The summed E-state index contributed by atoms with van der Waals surface area (Å²) >= 11 is 0. The van der Waals surface area contributed by atoms with Gasteiger partial charge in [-0.25, -0.2) is 0 Å². The van der Waals surface area contributed by atoms with Crippen LogP contribution in [0, 0.1) is 0 Å². The van der Waals surface area contributed by atoms with E-state index in [4.69, 9.17) is 5.73 Å². The minimum atomic E-state index is -4.45. The lowest BCUT2D eigenvalue weighted by Gasteiger charge is -2.13. The first-order valence-corrected chi connectivity index (χ1v) is 4.36. The van der Waals surface area contributed by atoms with Crippen LogP contribution in [0.5, 0.6) is 0 Å². The van der Waals surface area contributed by atoms with Crippen LogP contribution in [0.25, 0.3) is 0 Å². The number of halogens is 3. The molecule has 2 N–H and O–H groups in total. The van der Waals surface area contributed by atoms with E-state index < -0.39 is 17.6 Å². The van der Waals surface area contributed by atoms with Gasteiger partial charge in [0, 0.05) is 5.56 Å². The molecule has 0 radical (unpaired) electrons. The van der Waals surface area contributed by atoms with Crippen molar-refractivity contribution in [3.63, 3.8) is 0 Å². The Morgan fingerprint density at radius 1 is 1.40 bits per heavy atom. The number of amides is 1. The number of hydrogen-bond donors (Lipinski definition) is 1. The Balaban J connectivity index is 3.42. The van der Waals surface area contributed by atoms with Crippen LogP contribution in [0.1, 0.15) is 28.4 Å². The molecule has 0 aliphatic heterocycles. The molecule has 2 nitrogen and oxygen atoms in total. The van der Waals surface area contributed by atoms with Gasteiger partial charge in [0.2, 0.25) is 5.91 Å². The average molecular weight is 217 g/mol. The molecule has 1 aromatic rings.